The number of hydrogen-bond donors (Lipinski definition) is 0. The van der Waals surface area contributed by atoms with Crippen molar-refractivity contribution >= 4 is 42.3 Å². The van der Waals surface area contributed by atoms with Gasteiger partial charge in [0, 0.05) is 48.7 Å². The lowest BCUT2D eigenvalue weighted by Gasteiger charge is -2.34. The molecular formula is C21H30Cl2N4OS. The summed E-state index contributed by atoms with van der Waals surface area (Å²) in [6.45, 7) is 6.57. The van der Waals surface area contributed by atoms with Gasteiger partial charge in [-0.3, -0.25) is 4.79 Å². The van der Waals surface area contributed by atoms with E-state index < -0.39 is 0 Å². The van der Waals surface area contributed by atoms with Gasteiger partial charge in [0.15, 0.2) is 0 Å². The maximum atomic E-state index is 13.3. The third-order valence-corrected chi connectivity index (χ3v) is 6.42. The molecule has 0 bridgehead atoms. The smallest absolute Gasteiger partial charge is 0.290 e. The molecule has 2 heterocycles. The van der Waals surface area contributed by atoms with Crippen molar-refractivity contribution in [3.8, 4) is 11.3 Å². The molecule has 2 aromatic rings. The summed E-state index contributed by atoms with van der Waals surface area (Å²) in [6, 6.07) is 8.52. The van der Waals surface area contributed by atoms with Crippen LogP contribution in [0.3, 0.4) is 0 Å². The van der Waals surface area contributed by atoms with Crippen molar-refractivity contribution in [2.45, 2.75) is 31.2 Å². The number of hydrogen-bond acceptors (Lipinski definition) is 5. The van der Waals surface area contributed by atoms with Crippen molar-refractivity contribution < 1.29 is 0 Å². The highest BCUT2D eigenvalue weighted by Crippen LogP contribution is 2.32. The summed E-state index contributed by atoms with van der Waals surface area (Å²) in [6.07, 6.45) is 4.51. The zero-order valence-electron chi connectivity index (χ0n) is 17.3. The minimum Gasteiger partial charge on any atom is -0.364 e. The van der Waals surface area contributed by atoms with Crippen LogP contribution in [0.2, 0.25) is 0 Å². The molecule has 0 amide bonds. The van der Waals surface area contributed by atoms with E-state index in [9.17, 15) is 4.79 Å². The Labute approximate surface area is 189 Å². The normalized spacial score (nSPS) is 16.9. The molecule has 1 saturated carbocycles. The first kappa shape index (κ1) is 24.1. The summed E-state index contributed by atoms with van der Waals surface area (Å²) in [4.78, 5) is 19.1. The van der Waals surface area contributed by atoms with Crippen LogP contribution in [-0.2, 0) is 6.54 Å². The van der Waals surface area contributed by atoms with Gasteiger partial charge in [0.2, 0.25) is 0 Å². The van der Waals surface area contributed by atoms with Gasteiger partial charge >= 0.3 is 0 Å². The van der Waals surface area contributed by atoms with Crippen molar-refractivity contribution in [3.63, 3.8) is 0 Å². The van der Waals surface area contributed by atoms with Crippen LogP contribution < -0.4 is 10.5 Å². The molecule has 8 heteroatoms. The molecular weight excluding hydrogens is 427 g/mol. The molecule has 1 aliphatic carbocycles. The van der Waals surface area contributed by atoms with Crippen molar-refractivity contribution in [3.05, 3.63) is 40.2 Å². The van der Waals surface area contributed by atoms with E-state index in [-0.39, 0.29) is 30.4 Å². The molecule has 0 unspecified atom stereocenters. The summed E-state index contributed by atoms with van der Waals surface area (Å²) < 4.78 is 1.73. The summed E-state index contributed by atoms with van der Waals surface area (Å²) in [5, 5.41) is 4.81. The zero-order valence-corrected chi connectivity index (χ0v) is 19.7. The van der Waals surface area contributed by atoms with Crippen molar-refractivity contribution in [1.29, 1.82) is 0 Å². The number of nitrogens with zero attached hydrogens (tertiary/aromatic N) is 4. The van der Waals surface area contributed by atoms with Crippen molar-refractivity contribution in [2.75, 3.05) is 44.4 Å². The highest BCUT2D eigenvalue weighted by atomic mass is 35.5. The molecule has 160 valence electrons. The van der Waals surface area contributed by atoms with Gasteiger partial charge in [-0.1, -0.05) is 12.1 Å². The second kappa shape index (κ2) is 10.2. The van der Waals surface area contributed by atoms with Gasteiger partial charge in [0.25, 0.3) is 5.56 Å². The molecule has 5 nitrogen and oxygen atoms in total. The van der Waals surface area contributed by atoms with Crippen LogP contribution in [0.5, 0.6) is 0 Å². The Bertz CT molecular complexity index is 875. The van der Waals surface area contributed by atoms with E-state index in [4.69, 9.17) is 5.10 Å². The molecule has 4 rings (SSSR count). The topological polar surface area (TPSA) is 41.4 Å². The quantitative estimate of drug-likeness (QED) is 0.637. The van der Waals surface area contributed by atoms with Crippen LogP contribution in [0.4, 0.5) is 5.69 Å². The van der Waals surface area contributed by atoms with Crippen LogP contribution in [0.25, 0.3) is 11.3 Å². The third kappa shape index (κ3) is 5.29. The number of aromatic nitrogens is 2. The minimum absolute atomic E-state index is 0. The Morgan fingerprint density at radius 2 is 1.69 bits per heavy atom. The Balaban J connectivity index is 0.00000150. The molecule has 0 atom stereocenters. The first-order valence-electron chi connectivity index (χ1n) is 9.76. The molecule has 0 radical (unpaired) electrons. The maximum Gasteiger partial charge on any atom is 0.290 e. The van der Waals surface area contributed by atoms with Gasteiger partial charge in [-0.05, 0) is 51.1 Å². The van der Waals surface area contributed by atoms with Gasteiger partial charge in [0.05, 0.1) is 5.69 Å². The molecule has 1 aromatic heterocycles. The lowest BCUT2D eigenvalue weighted by molar-refractivity contribution is 0.312. The highest BCUT2D eigenvalue weighted by Gasteiger charge is 2.27. The average Bonchev–Trinajstić information content (AvgIpc) is 3.50. The van der Waals surface area contributed by atoms with Crippen LogP contribution in [0.15, 0.2) is 34.0 Å². The number of rotatable bonds is 5. The summed E-state index contributed by atoms with van der Waals surface area (Å²) in [5.41, 5.74) is 3.96. The van der Waals surface area contributed by atoms with Crippen LogP contribution in [0, 0.1) is 12.8 Å². The SMILES string of the molecule is CSc1ccc(-c2nn(CC3CC3)c(=O)c(N3CCN(C)CC3)c2C)cc1.Cl.Cl. The number of likely N-dealkylation sites (N-methyl/N-ethyl adjacent to an activating group) is 1. The molecule has 1 aromatic carbocycles. The number of piperazine rings is 1. The summed E-state index contributed by atoms with van der Waals surface area (Å²) in [7, 11) is 2.14. The van der Waals surface area contributed by atoms with Crippen LogP contribution >= 0.6 is 36.6 Å². The second-order valence-electron chi connectivity index (χ2n) is 7.77. The molecule has 0 spiro atoms. The second-order valence-corrected chi connectivity index (χ2v) is 8.65. The number of halogens is 2. The van der Waals surface area contributed by atoms with Gasteiger partial charge in [-0.15, -0.1) is 36.6 Å². The Hall–Kier alpha value is -1.21. The average molecular weight is 457 g/mol. The molecule has 1 saturated heterocycles. The third-order valence-electron chi connectivity index (χ3n) is 5.68. The molecule has 2 fully saturated rings. The Kier molecular flexibility index (Phi) is 8.47. The zero-order chi connectivity index (χ0) is 19.0. The molecule has 1 aliphatic heterocycles. The highest BCUT2D eigenvalue weighted by molar-refractivity contribution is 7.98. The first-order chi connectivity index (χ1) is 13.1. The monoisotopic (exact) mass is 456 g/mol. The largest absolute Gasteiger partial charge is 0.364 e. The predicted molar refractivity (Wildman–Crippen MR) is 127 cm³/mol. The fourth-order valence-corrected chi connectivity index (χ4v) is 4.14. The fourth-order valence-electron chi connectivity index (χ4n) is 3.73. The molecule has 29 heavy (non-hydrogen) atoms. The van der Waals surface area contributed by atoms with E-state index in [1.807, 2.05) is 0 Å². The molecule has 2 aliphatic rings. The summed E-state index contributed by atoms with van der Waals surface area (Å²) >= 11 is 1.74. The van der Waals surface area contributed by atoms with E-state index >= 15 is 0 Å². The van der Waals surface area contributed by atoms with Crippen molar-refractivity contribution in [2.24, 2.45) is 5.92 Å². The van der Waals surface area contributed by atoms with E-state index in [2.05, 4.69) is 54.3 Å². The van der Waals surface area contributed by atoms with E-state index in [1.165, 1.54) is 17.7 Å². The van der Waals surface area contributed by atoms with Gasteiger partial charge < -0.3 is 9.80 Å². The lowest BCUT2D eigenvalue weighted by atomic mass is 10.1. The number of benzene rings is 1. The summed E-state index contributed by atoms with van der Waals surface area (Å²) in [5.74, 6) is 0.616. The van der Waals surface area contributed by atoms with Gasteiger partial charge in [-0.25, -0.2) is 4.68 Å². The fraction of sp³-hybridized carbons (Fsp3) is 0.524. The van der Waals surface area contributed by atoms with E-state index in [0.717, 1.165) is 55.2 Å². The van der Waals surface area contributed by atoms with Crippen LogP contribution in [-0.4, -0.2) is 54.2 Å². The molecule has 0 N–H and O–H groups in total. The van der Waals surface area contributed by atoms with Crippen molar-refractivity contribution in [1.82, 2.24) is 14.7 Å². The predicted octanol–water partition coefficient (Wildman–Crippen LogP) is 3.95. The lowest BCUT2D eigenvalue weighted by Crippen LogP contribution is -2.47. The Morgan fingerprint density at radius 1 is 1.07 bits per heavy atom. The first-order valence-corrected chi connectivity index (χ1v) is 11.0. The maximum absolute atomic E-state index is 13.3. The standard InChI is InChI=1S/C21H28N4OS.2ClH/c1-15-19(17-6-8-18(27-3)9-7-17)22-25(14-16-4-5-16)21(26)20(15)24-12-10-23(2)11-13-24;;/h6-9,16H,4-5,10-14H2,1-3H3;2*1H. The van der Waals surface area contributed by atoms with Gasteiger partial charge in [0.1, 0.15) is 5.69 Å². The number of anilines is 1. The van der Waals surface area contributed by atoms with E-state index in [1.54, 1.807) is 16.4 Å². The Morgan fingerprint density at radius 3 is 2.24 bits per heavy atom. The van der Waals surface area contributed by atoms with Crippen LogP contribution in [0.1, 0.15) is 18.4 Å². The van der Waals surface area contributed by atoms with E-state index in [0.29, 0.717) is 5.92 Å². The minimum atomic E-state index is 0. The number of thioether (sulfide) groups is 1. The van der Waals surface area contributed by atoms with Gasteiger partial charge in [-0.2, -0.15) is 5.10 Å².